The van der Waals surface area contributed by atoms with E-state index in [4.69, 9.17) is 5.11 Å². The predicted molar refractivity (Wildman–Crippen MR) is 41.2 cm³/mol. The first-order valence-electron chi connectivity index (χ1n) is 4.19. The molecule has 2 nitrogen and oxygen atoms in total. The first-order chi connectivity index (χ1) is 5.25. The number of rotatable bonds is 1. The van der Waals surface area contributed by atoms with Gasteiger partial charge in [0.05, 0.1) is 0 Å². The molecular weight excluding hydrogens is 140 g/mol. The van der Waals surface area contributed by atoms with Gasteiger partial charge in [0.1, 0.15) is 0 Å². The highest BCUT2D eigenvalue weighted by Crippen LogP contribution is 2.47. The van der Waals surface area contributed by atoms with E-state index in [1.165, 1.54) is 30.9 Å². The van der Waals surface area contributed by atoms with Gasteiger partial charge in [-0.05, 0) is 37.5 Å². The zero-order valence-electron chi connectivity index (χ0n) is 6.42. The summed E-state index contributed by atoms with van der Waals surface area (Å²) in [7, 11) is 0. The highest BCUT2D eigenvalue weighted by atomic mass is 16.4. The van der Waals surface area contributed by atoms with Gasteiger partial charge in [0, 0.05) is 6.08 Å². The fraction of sp³-hybridized carbons (Fsp3) is 0.667. The van der Waals surface area contributed by atoms with E-state index >= 15 is 0 Å². The van der Waals surface area contributed by atoms with Crippen LogP contribution in [0.5, 0.6) is 0 Å². The first kappa shape index (κ1) is 6.89. The van der Waals surface area contributed by atoms with E-state index < -0.39 is 5.97 Å². The fourth-order valence-corrected chi connectivity index (χ4v) is 2.43. The summed E-state index contributed by atoms with van der Waals surface area (Å²) in [4.78, 5) is 10.4. The third-order valence-electron chi connectivity index (χ3n) is 2.90. The van der Waals surface area contributed by atoms with Crippen LogP contribution in [0.4, 0.5) is 0 Å². The van der Waals surface area contributed by atoms with Gasteiger partial charge in [-0.15, -0.1) is 0 Å². The molecule has 0 saturated heterocycles. The van der Waals surface area contributed by atoms with Crippen molar-refractivity contribution in [1.82, 2.24) is 0 Å². The van der Waals surface area contributed by atoms with Crippen molar-refractivity contribution in [2.75, 3.05) is 0 Å². The Morgan fingerprint density at radius 2 is 2.36 bits per heavy atom. The zero-order chi connectivity index (χ0) is 7.84. The number of carbonyl (C=O) groups is 1. The molecule has 2 unspecified atom stereocenters. The Bertz CT molecular complexity index is 218. The van der Waals surface area contributed by atoms with Crippen molar-refractivity contribution in [2.24, 2.45) is 11.8 Å². The van der Waals surface area contributed by atoms with E-state index in [2.05, 4.69) is 0 Å². The lowest BCUT2D eigenvalue weighted by molar-refractivity contribution is -0.131. The minimum Gasteiger partial charge on any atom is -0.478 e. The Labute approximate surface area is 65.9 Å². The number of allylic oxidation sites excluding steroid dienone is 1. The molecule has 11 heavy (non-hydrogen) atoms. The van der Waals surface area contributed by atoms with Gasteiger partial charge >= 0.3 is 5.97 Å². The van der Waals surface area contributed by atoms with E-state index in [0.717, 1.165) is 12.3 Å². The quantitative estimate of drug-likeness (QED) is 0.582. The molecule has 2 aliphatic rings. The van der Waals surface area contributed by atoms with E-state index in [1.807, 2.05) is 0 Å². The Morgan fingerprint density at radius 1 is 1.55 bits per heavy atom. The van der Waals surface area contributed by atoms with Crippen molar-refractivity contribution < 1.29 is 9.90 Å². The van der Waals surface area contributed by atoms with Gasteiger partial charge in [0.25, 0.3) is 0 Å². The predicted octanol–water partition coefficient (Wildman–Crippen LogP) is 1.82. The van der Waals surface area contributed by atoms with Gasteiger partial charge in [0.2, 0.25) is 0 Å². The van der Waals surface area contributed by atoms with Gasteiger partial charge in [0.15, 0.2) is 0 Å². The summed E-state index contributed by atoms with van der Waals surface area (Å²) in [6.07, 6.45) is 6.27. The minimum atomic E-state index is -0.771. The van der Waals surface area contributed by atoms with Crippen LogP contribution in [0.3, 0.4) is 0 Å². The average molecular weight is 152 g/mol. The molecule has 2 heteroatoms. The smallest absolute Gasteiger partial charge is 0.328 e. The molecule has 1 N–H and O–H groups in total. The number of carboxylic acid groups (broad SMARTS) is 1. The number of fused-ring (bicyclic) bond motifs is 2. The second-order valence-corrected chi connectivity index (χ2v) is 3.64. The van der Waals surface area contributed by atoms with Gasteiger partial charge < -0.3 is 5.11 Å². The molecule has 0 heterocycles. The molecule has 2 saturated carbocycles. The van der Waals surface area contributed by atoms with Gasteiger partial charge in [-0.3, -0.25) is 0 Å². The van der Waals surface area contributed by atoms with Crippen molar-refractivity contribution in [2.45, 2.75) is 25.7 Å². The number of hydrogen-bond acceptors (Lipinski definition) is 1. The van der Waals surface area contributed by atoms with Crippen LogP contribution in [-0.4, -0.2) is 11.1 Å². The van der Waals surface area contributed by atoms with Gasteiger partial charge in [-0.1, -0.05) is 5.57 Å². The molecular formula is C9H12O2. The SMILES string of the molecule is O=C(O)C=C1CC2CCC1C2. The Balaban J connectivity index is 2.13. The van der Waals surface area contributed by atoms with Crippen molar-refractivity contribution in [3.05, 3.63) is 11.6 Å². The Morgan fingerprint density at radius 3 is 2.82 bits per heavy atom. The molecule has 0 aromatic rings. The van der Waals surface area contributed by atoms with Crippen LogP contribution in [0.1, 0.15) is 25.7 Å². The minimum absolute atomic E-state index is 0.621. The monoisotopic (exact) mass is 152 g/mol. The lowest BCUT2D eigenvalue weighted by Crippen LogP contribution is -2.01. The summed E-state index contributed by atoms with van der Waals surface area (Å²) in [5, 5.41) is 8.53. The summed E-state index contributed by atoms with van der Waals surface area (Å²) in [6.45, 7) is 0. The highest BCUT2D eigenvalue weighted by Gasteiger charge is 2.35. The maximum Gasteiger partial charge on any atom is 0.328 e. The van der Waals surface area contributed by atoms with E-state index in [9.17, 15) is 4.79 Å². The van der Waals surface area contributed by atoms with Crippen molar-refractivity contribution in [1.29, 1.82) is 0 Å². The van der Waals surface area contributed by atoms with Crippen LogP contribution in [-0.2, 0) is 4.79 Å². The normalized spacial score (nSPS) is 38.4. The number of hydrogen-bond donors (Lipinski definition) is 1. The summed E-state index contributed by atoms with van der Waals surface area (Å²) >= 11 is 0. The van der Waals surface area contributed by atoms with Crippen LogP contribution in [0.25, 0.3) is 0 Å². The fourth-order valence-electron chi connectivity index (χ4n) is 2.43. The van der Waals surface area contributed by atoms with Gasteiger partial charge in [-0.2, -0.15) is 0 Å². The van der Waals surface area contributed by atoms with Crippen LogP contribution in [0.15, 0.2) is 11.6 Å². The molecule has 0 radical (unpaired) electrons. The largest absolute Gasteiger partial charge is 0.478 e. The number of carboxylic acids is 1. The molecule has 2 aliphatic carbocycles. The van der Waals surface area contributed by atoms with Crippen molar-refractivity contribution in [3.8, 4) is 0 Å². The van der Waals surface area contributed by atoms with Crippen LogP contribution >= 0.6 is 0 Å². The molecule has 2 atom stereocenters. The van der Waals surface area contributed by atoms with Crippen molar-refractivity contribution >= 4 is 5.97 Å². The molecule has 0 spiro atoms. The van der Waals surface area contributed by atoms with Crippen molar-refractivity contribution in [3.63, 3.8) is 0 Å². The molecule has 2 rings (SSSR count). The third kappa shape index (κ3) is 1.17. The van der Waals surface area contributed by atoms with Crippen LogP contribution < -0.4 is 0 Å². The second kappa shape index (κ2) is 2.36. The van der Waals surface area contributed by atoms with Gasteiger partial charge in [-0.25, -0.2) is 4.79 Å². The second-order valence-electron chi connectivity index (χ2n) is 3.64. The van der Waals surface area contributed by atoms with E-state index in [0.29, 0.717) is 5.92 Å². The Kier molecular flexibility index (Phi) is 1.48. The molecule has 2 fully saturated rings. The molecule has 60 valence electrons. The Hall–Kier alpha value is -0.790. The zero-order valence-corrected chi connectivity index (χ0v) is 6.42. The molecule has 2 bridgehead atoms. The lowest BCUT2D eigenvalue weighted by atomic mass is 9.95. The summed E-state index contributed by atoms with van der Waals surface area (Å²) in [6, 6.07) is 0. The molecule has 0 aromatic carbocycles. The maximum absolute atomic E-state index is 10.4. The van der Waals surface area contributed by atoms with Crippen LogP contribution in [0, 0.1) is 11.8 Å². The van der Waals surface area contributed by atoms with Crippen LogP contribution in [0.2, 0.25) is 0 Å². The standard InChI is InChI=1S/C9H12O2/c10-9(11)5-8-4-6-1-2-7(8)3-6/h5-7H,1-4H2,(H,10,11). The summed E-state index contributed by atoms with van der Waals surface area (Å²) < 4.78 is 0. The summed E-state index contributed by atoms with van der Waals surface area (Å²) in [5.41, 5.74) is 1.19. The summed E-state index contributed by atoms with van der Waals surface area (Å²) in [5.74, 6) is 0.661. The molecule has 0 amide bonds. The van der Waals surface area contributed by atoms with E-state index in [-0.39, 0.29) is 0 Å². The average Bonchev–Trinajstić information content (AvgIpc) is 2.45. The molecule has 0 aromatic heterocycles. The highest BCUT2D eigenvalue weighted by molar-refractivity contribution is 5.80. The first-order valence-corrected chi connectivity index (χ1v) is 4.19. The maximum atomic E-state index is 10.4. The van der Waals surface area contributed by atoms with E-state index in [1.54, 1.807) is 0 Å². The topological polar surface area (TPSA) is 37.3 Å². The molecule has 0 aliphatic heterocycles. The third-order valence-corrected chi connectivity index (χ3v) is 2.90. The lowest BCUT2D eigenvalue weighted by Gasteiger charge is -2.11. The number of aliphatic carboxylic acids is 1.